The average Bonchev–Trinajstić information content (AvgIpc) is 2.98. The lowest BCUT2D eigenvalue weighted by Crippen LogP contribution is -2.08. The molecule has 6 heteroatoms. The van der Waals surface area contributed by atoms with Crippen LogP contribution in [0.5, 0.6) is 0 Å². The molecule has 0 aliphatic rings. The number of nitrogens with two attached hydrogens (primary N) is 1. The van der Waals surface area contributed by atoms with Gasteiger partial charge in [-0.25, -0.2) is 4.98 Å². The lowest BCUT2D eigenvalue weighted by Gasteiger charge is -2.14. The third kappa shape index (κ3) is 2.26. The van der Waals surface area contributed by atoms with E-state index in [1.807, 2.05) is 18.3 Å². The van der Waals surface area contributed by atoms with Gasteiger partial charge in [-0.2, -0.15) is 5.10 Å². The van der Waals surface area contributed by atoms with Crippen LogP contribution in [0.1, 0.15) is 22.9 Å². The number of aryl methyl sites for hydroxylation is 1. The summed E-state index contributed by atoms with van der Waals surface area (Å²) in [5.74, 6) is 0. The molecule has 5 nitrogen and oxygen atoms in total. The summed E-state index contributed by atoms with van der Waals surface area (Å²) in [5, 5.41) is 12.4. The van der Waals surface area contributed by atoms with Crippen molar-refractivity contribution in [3.8, 4) is 0 Å². The van der Waals surface area contributed by atoms with Gasteiger partial charge in [0.25, 0.3) is 0 Å². The minimum absolute atomic E-state index is 0.126. The number of nitrogens with one attached hydrogen (secondary N) is 2. The Kier molecular flexibility index (Phi) is 2.87. The number of nitrogens with zero attached hydrogens (tertiary/aromatic N) is 2. The number of aromatic nitrogens is 3. The van der Waals surface area contributed by atoms with E-state index in [0.717, 1.165) is 21.6 Å². The van der Waals surface area contributed by atoms with Crippen molar-refractivity contribution in [2.45, 2.75) is 19.9 Å². The Labute approximate surface area is 114 Å². The van der Waals surface area contributed by atoms with Crippen molar-refractivity contribution in [2.24, 2.45) is 0 Å². The molecule has 0 saturated carbocycles. The number of nitrogen functional groups attached to an aromatic ring is 1. The zero-order chi connectivity index (χ0) is 13.4. The zero-order valence-electron chi connectivity index (χ0n) is 10.8. The van der Waals surface area contributed by atoms with Crippen LogP contribution in [-0.2, 0) is 0 Å². The largest absolute Gasteiger partial charge is 0.397 e. The summed E-state index contributed by atoms with van der Waals surface area (Å²) < 4.78 is 0. The van der Waals surface area contributed by atoms with Crippen LogP contribution in [0.4, 0.5) is 11.4 Å². The van der Waals surface area contributed by atoms with Crippen LogP contribution in [-0.4, -0.2) is 15.2 Å². The molecule has 2 aromatic heterocycles. The van der Waals surface area contributed by atoms with Crippen molar-refractivity contribution in [1.82, 2.24) is 15.2 Å². The zero-order valence-corrected chi connectivity index (χ0v) is 11.6. The molecule has 2 heterocycles. The maximum absolute atomic E-state index is 6.06. The molecular weight excluding hydrogens is 258 g/mol. The van der Waals surface area contributed by atoms with E-state index in [1.54, 1.807) is 17.5 Å². The second-order valence-corrected chi connectivity index (χ2v) is 5.84. The molecule has 1 aromatic carbocycles. The van der Waals surface area contributed by atoms with E-state index in [2.05, 4.69) is 34.3 Å². The molecule has 0 fully saturated rings. The first-order chi connectivity index (χ1) is 9.13. The quantitative estimate of drug-likeness (QED) is 0.641. The second kappa shape index (κ2) is 4.55. The minimum Gasteiger partial charge on any atom is -0.397 e. The SMILES string of the molecule is Cc1cnc(C(C)Nc2cc3[nH]ncc3cc2N)s1. The van der Waals surface area contributed by atoms with Gasteiger partial charge in [0.1, 0.15) is 5.01 Å². The summed E-state index contributed by atoms with van der Waals surface area (Å²) in [6.07, 6.45) is 3.66. The molecule has 1 atom stereocenters. The first-order valence-corrected chi connectivity index (χ1v) is 6.86. The molecule has 19 heavy (non-hydrogen) atoms. The van der Waals surface area contributed by atoms with Crippen LogP contribution >= 0.6 is 11.3 Å². The number of fused-ring (bicyclic) bond motifs is 1. The molecule has 0 amide bonds. The highest BCUT2D eigenvalue weighted by Crippen LogP contribution is 2.29. The first kappa shape index (κ1) is 12.0. The predicted octanol–water partition coefficient (Wildman–Crippen LogP) is 3.08. The minimum atomic E-state index is 0.126. The van der Waals surface area contributed by atoms with Crippen LogP contribution in [0, 0.1) is 6.92 Å². The Balaban J connectivity index is 1.89. The van der Waals surface area contributed by atoms with E-state index in [1.165, 1.54) is 4.88 Å². The molecule has 0 bridgehead atoms. The number of hydrogen-bond acceptors (Lipinski definition) is 5. The molecule has 0 spiro atoms. The van der Waals surface area contributed by atoms with Gasteiger partial charge in [0.2, 0.25) is 0 Å². The van der Waals surface area contributed by atoms with Crippen molar-refractivity contribution in [3.05, 3.63) is 34.4 Å². The van der Waals surface area contributed by atoms with Crippen molar-refractivity contribution >= 4 is 33.6 Å². The molecule has 4 N–H and O–H groups in total. The van der Waals surface area contributed by atoms with Crippen molar-refractivity contribution in [1.29, 1.82) is 0 Å². The second-order valence-electron chi connectivity index (χ2n) is 4.57. The van der Waals surface area contributed by atoms with E-state index in [4.69, 9.17) is 5.73 Å². The lowest BCUT2D eigenvalue weighted by atomic mass is 10.2. The molecule has 0 aliphatic heterocycles. The fraction of sp³-hybridized carbons (Fsp3) is 0.231. The van der Waals surface area contributed by atoms with Gasteiger partial charge in [-0.15, -0.1) is 11.3 Å². The highest BCUT2D eigenvalue weighted by molar-refractivity contribution is 7.11. The predicted molar refractivity (Wildman–Crippen MR) is 79.4 cm³/mol. The van der Waals surface area contributed by atoms with Gasteiger partial charge >= 0.3 is 0 Å². The van der Waals surface area contributed by atoms with E-state index in [0.29, 0.717) is 5.69 Å². The van der Waals surface area contributed by atoms with Crippen LogP contribution in [0.3, 0.4) is 0 Å². The fourth-order valence-corrected chi connectivity index (χ4v) is 2.78. The number of anilines is 2. The molecule has 3 aromatic rings. The van der Waals surface area contributed by atoms with Gasteiger partial charge in [0.15, 0.2) is 0 Å². The summed E-state index contributed by atoms with van der Waals surface area (Å²) in [4.78, 5) is 5.60. The molecule has 1 unspecified atom stereocenters. The van der Waals surface area contributed by atoms with Gasteiger partial charge in [0.05, 0.1) is 29.1 Å². The average molecular weight is 273 g/mol. The maximum atomic E-state index is 6.06. The molecule has 3 rings (SSSR count). The van der Waals surface area contributed by atoms with Crippen LogP contribution in [0.2, 0.25) is 0 Å². The summed E-state index contributed by atoms with van der Waals surface area (Å²) in [6, 6.07) is 4.02. The Morgan fingerprint density at radius 2 is 2.21 bits per heavy atom. The molecule has 0 saturated heterocycles. The monoisotopic (exact) mass is 273 g/mol. The van der Waals surface area contributed by atoms with Crippen molar-refractivity contribution < 1.29 is 0 Å². The summed E-state index contributed by atoms with van der Waals surface area (Å²) in [5.41, 5.74) is 8.64. The number of H-pyrrole nitrogens is 1. The summed E-state index contributed by atoms with van der Waals surface area (Å²) in [7, 11) is 0. The van der Waals surface area contributed by atoms with E-state index in [9.17, 15) is 0 Å². The number of aromatic amines is 1. The number of hydrogen-bond donors (Lipinski definition) is 3. The van der Waals surface area contributed by atoms with E-state index >= 15 is 0 Å². The maximum Gasteiger partial charge on any atom is 0.115 e. The Hall–Kier alpha value is -2.08. The topological polar surface area (TPSA) is 79.6 Å². The Bertz CT molecular complexity index is 715. The van der Waals surface area contributed by atoms with Gasteiger partial charge in [0, 0.05) is 16.5 Å². The van der Waals surface area contributed by atoms with Crippen molar-refractivity contribution in [3.63, 3.8) is 0 Å². The highest BCUT2D eigenvalue weighted by atomic mass is 32.1. The molecule has 0 aliphatic carbocycles. The van der Waals surface area contributed by atoms with Crippen molar-refractivity contribution in [2.75, 3.05) is 11.1 Å². The smallest absolute Gasteiger partial charge is 0.115 e. The van der Waals surface area contributed by atoms with Crippen LogP contribution in [0.15, 0.2) is 24.5 Å². The standard InChI is InChI=1S/C13H15N5S/c1-7-5-15-13(19-7)8(2)17-12-4-11-9(3-10(12)14)6-16-18-11/h3-6,8,17H,14H2,1-2H3,(H,16,18). The number of thiazole rings is 1. The summed E-state index contributed by atoms with van der Waals surface area (Å²) in [6.45, 7) is 4.13. The Morgan fingerprint density at radius 3 is 2.95 bits per heavy atom. The van der Waals surface area contributed by atoms with Gasteiger partial charge < -0.3 is 11.1 Å². The van der Waals surface area contributed by atoms with Gasteiger partial charge in [-0.3, -0.25) is 5.10 Å². The van der Waals surface area contributed by atoms with E-state index in [-0.39, 0.29) is 6.04 Å². The molecular formula is C13H15N5S. The lowest BCUT2D eigenvalue weighted by molar-refractivity contribution is 0.870. The molecule has 98 valence electrons. The Morgan fingerprint density at radius 1 is 1.37 bits per heavy atom. The first-order valence-electron chi connectivity index (χ1n) is 6.05. The highest BCUT2D eigenvalue weighted by Gasteiger charge is 2.11. The third-order valence-electron chi connectivity index (χ3n) is 2.99. The normalized spacial score (nSPS) is 12.7. The van der Waals surface area contributed by atoms with Gasteiger partial charge in [-0.05, 0) is 26.0 Å². The number of benzene rings is 1. The van der Waals surface area contributed by atoms with Crippen LogP contribution in [0.25, 0.3) is 10.9 Å². The van der Waals surface area contributed by atoms with E-state index < -0.39 is 0 Å². The third-order valence-corrected chi connectivity index (χ3v) is 4.09. The summed E-state index contributed by atoms with van der Waals surface area (Å²) >= 11 is 1.69. The van der Waals surface area contributed by atoms with Crippen LogP contribution < -0.4 is 11.1 Å². The molecule has 0 radical (unpaired) electrons. The fourth-order valence-electron chi connectivity index (χ4n) is 2.00. The van der Waals surface area contributed by atoms with Gasteiger partial charge in [-0.1, -0.05) is 0 Å². The number of rotatable bonds is 3.